The van der Waals surface area contributed by atoms with Crippen LogP contribution >= 0.6 is 50.6 Å². The molecule has 0 radical (unpaired) electrons. The van der Waals surface area contributed by atoms with E-state index in [2.05, 4.69) is 36.7 Å². The lowest BCUT2D eigenvalue weighted by molar-refractivity contribution is 0.958. The van der Waals surface area contributed by atoms with Gasteiger partial charge in [0.25, 0.3) is 0 Å². The zero-order chi connectivity index (χ0) is 10.7. The van der Waals surface area contributed by atoms with Crippen LogP contribution in [0.3, 0.4) is 0 Å². The highest BCUT2D eigenvalue weighted by molar-refractivity contribution is 9.10. The van der Waals surface area contributed by atoms with Crippen LogP contribution in [0.1, 0.15) is 10.1 Å². The summed E-state index contributed by atoms with van der Waals surface area (Å²) >= 11 is 8.23. The van der Waals surface area contributed by atoms with E-state index in [9.17, 15) is 0 Å². The highest BCUT2D eigenvalue weighted by Crippen LogP contribution is 2.38. The number of thiophene rings is 1. The Hall–Kier alpha value is 0.0500. The Kier molecular flexibility index (Phi) is 4.15. The number of aromatic nitrogens is 2. The molecule has 1 atom stereocenters. The van der Waals surface area contributed by atoms with Gasteiger partial charge in [0.05, 0.1) is 5.25 Å². The molecule has 3 nitrogen and oxygen atoms in total. The molecule has 0 fully saturated rings. The third kappa shape index (κ3) is 3.01. The number of halogens is 1. The van der Waals surface area contributed by atoms with E-state index in [0.29, 0.717) is 6.54 Å². The highest BCUT2D eigenvalue weighted by atomic mass is 79.9. The molecule has 0 saturated heterocycles. The molecule has 0 aliphatic heterocycles. The van der Waals surface area contributed by atoms with Crippen molar-refractivity contribution >= 4 is 50.6 Å². The van der Waals surface area contributed by atoms with Crippen LogP contribution in [0.15, 0.2) is 26.6 Å². The normalized spacial score (nSPS) is 12.9. The highest BCUT2D eigenvalue weighted by Gasteiger charge is 2.15. The van der Waals surface area contributed by atoms with Gasteiger partial charge in [0, 0.05) is 21.3 Å². The standard InChI is InChI=1S/C8H8BrN3S3/c9-5-1-6(13-3-5)7(2-10)14-8-11-4-12-15-8/h1,3-4,7H,2,10H2. The molecule has 2 rings (SSSR count). The Morgan fingerprint density at radius 3 is 3.00 bits per heavy atom. The van der Waals surface area contributed by atoms with Crippen molar-refractivity contribution in [2.24, 2.45) is 5.73 Å². The van der Waals surface area contributed by atoms with E-state index in [1.54, 1.807) is 29.4 Å². The van der Waals surface area contributed by atoms with Gasteiger partial charge in [-0.05, 0) is 33.5 Å². The number of hydrogen-bond acceptors (Lipinski definition) is 6. The Balaban J connectivity index is 2.11. The monoisotopic (exact) mass is 321 g/mol. The molecule has 2 aromatic rings. The molecule has 0 amide bonds. The van der Waals surface area contributed by atoms with Crippen LogP contribution in [0.4, 0.5) is 0 Å². The lowest BCUT2D eigenvalue weighted by Crippen LogP contribution is -2.07. The predicted molar refractivity (Wildman–Crippen MR) is 69.6 cm³/mol. The maximum atomic E-state index is 5.76. The molecule has 1 unspecified atom stereocenters. The number of thioether (sulfide) groups is 1. The lowest BCUT2D eigenvalue weighted by Gasteiger charge is -2.09. The van der Waals surface area contributed by atoms with Crippen molar-refractivity contribution in [3.63, 3.8) is 0 Å². The second-order valence-electron chi connectivity index (χ2n) is 2.72. The maximum Gasteiger partial charge on any atom is 0.170 e. The van der Waals surface area contributed by atoms with E-state index in [-0.39, 0.29) is 5.25 Å². The van der Waals surface area contributed by atoms with E-state index in [1.807, 2.05) is 0 Å². The summed E-state index contributed by atoms with van der Waals surface area (Å²) in [4.78, 5) is 5.41. The van der Waals surface area contributed by atoms with Crippen molar-refractivity contribution in [1.29, 1.82) is 0 Å². The molecule has 15 heavy (non-hydrogen) atoms. The van der Waals surface area contributed by atoms with Crippen molar-refractivity contribution < 1.29 is 0 Å². The Labute approximate surface area is 108 Å². The van der Waals surface area contributed by atoms with E-state index in [4.69, 9.17) is 5.73 Å². The number of rotatable bonds is 4. The van der Waals surface area contributed by atoms with Crippen molar-refractivity contribution in [3.05, 3.63) is 27.1 Å². The summed E-state index contributed by atoms with van der Waals surface area (Å²) in [6.07, 6.45) is 1.57. The van der Waals surface area contributed by atoms with Crippen molar-refractivity contribution in [1.82, 2.24) is 9.36 Å². The molecule has 0 saturated carbocycles. The molecule has 2 N–H and O–H groups in total. The molecule has 2 heterocycles. The first-order valence-corrected chi connectivity index (χ1v) is 7.49. The molecular formula is C8H8BrN3S3. The van der Waals surface area contributed by atoms with Crippen molar-refractivity contribution in [2.75, 3.05) is 6.54 Å². The first-order valence-electron chi connectivity index (χ1n) is 4.17. The number of nitrogens with zero attached hydrogens (tertiary/aromatic N) is 2. The van der Waals surface area contributed by atoms with Crippen molar-refractivity contribution in [3.8, 4) is 0 Å². The number of nitrogens with two attached hydrogens (primary N) is 1. The Morgan fingerprint density at radius 1 is 1.60 bits per heavy atom. The Bertz CT molecular complexity index is 414. The average Bonchev–Trinajstić information content (AvgIpc) is 2.85. The third-order valence-electron chi connectivity index (χ3n) is 1.70. The summed E-state index contributed by atoms with van der Waals surface area (Å²) in [5.74, 6) is 0. The zero-order valence-corrected chi connectivity index (χ0v) is 11.6. The second-order valence-corrected chi connectivity index (χ2v) is 6.81. The van der Waals surface area contributed by atoms with Gasteiger partial charge in [-0.1, -0.05) is 11.8 Å². The minimum Gasteiger partial charge on any atom is -0.329 e. The molecule has 2 aromatic heterocycles. The minimum absolute atomic E-state index is 0.272. The van der Waals surface area contributed by atoms with Gasteiger partial charge in [-0.2, -0.15) is 4.37 Å². The largest absolute Gasteiger partial charge is 0.329 e. The molecule has 80 valence electrons. The van der Waals surface area contributed by atoms with Gasteiger partial charge in [0.1, 0.15) is 6.33 Å². The van der Waals surface area contributed by atoms with Crippen LogP contribution in [0.25, 0.3) is 0 Å². The van der Waals surface area contributed by atoms with Crippen LogP contribution in [0.5, 0.6) is 0 Å². The van der Waals surface area contributed by atoms with Gasteiger partial charge in [-0.3, -0.25) is 0 Å². The average molecular weight is 322 g/mol. The first-order chi connectivity index (χ1) is 7.29. The Morgan fingerprint density at radius 2 is 2.47 bits per heavy atom. The maximum absolute atomic E-state index is 5.76. The van der Waals surface area contributed by atoms with Crippen LogP contribution in [0, 0.1) is 0 Å². The summed E-state index contributed by atoms with van der Waals surface area (Å²) in [5, 5.41) is 2.34. The fourth-order valence-electron chi connectivity index (χ4n) is 1.06. The van der Waals surface area contributed by atoms with Crippen LogP contribution in [-0.2, 0) is 0 Å². The zero-order valence-electron chi connectivity index (χ0n) is 7.59. The summed E-state index contributed by atoms with van der Waals surface area (Å²) in [5.41, 5.74) is 5.76. The molecule has 0 aromatic carbocycles. The molecule has 7 heteroatoms. The summed E-state index contributed by atoms with van der Waals surface area (Å²) < 4.78 is 6.05. The van der Waals surface area contributed by atoms with Crippen LogP contribution in [0.2, 0.25) is 0 Å². The molecule has 0 bridgehead atoms. The lowest BCUT2D eigenvalue weighted by atomic mass is 10.3. The third-order valence-corrected chi connectivity index (χ3v) is 5.67. The fourth-order valence-corrected chi connectivity index (χ4v) is 4.37. The minimum atomic E-state index is 0.272. The van der Waals surface area contributed by atoms with Gasteiger partial charge >= 0.3 is 0 Å². The quantitative estimate of drug-likeness (QED) is 0.879. The summed E-state index contributed by atoms with van der Waals surface area (Å²) in [6, 6.07) is 2.11. The SMILES string of the molecule is NCC(Sc1ncns1)c1cc(Br)cs1. The van der Waals surface area contributed by atoms with Gasteiger partial charge in [-0.25, -0.2) is 4.98 Å². The van der Waals surface area contributed by atoms with Crippen LogP contribution < -0.4 is 5.73 Å². The summed E-state index contributed by atoms with van der Waals surface area (Å²) in [6.45, 7) is 0.608. The molecular weight excluding hydrogens is 314 g/mol. The van der Waals surface area contributed by atoms with E-state index < -0.39 is 0 Å². The molecule has 0 aliphatic rings. The predicted octanol–water partition coefficient (Wildman–Crippen LogP) is 3.15. The van der Waals surface area contributed by atoms with Crippen LogP contribution in [-0.4, -0.2) is 15.9 Å². The van der Waals surface area contributed by atoms with E-state index in [1.165, 1.54) is 16.4 Å². The van der Waals surface area contributed by atoms with Gasteiger partial charge in [-0.15, -0.1) is 11.3 Å². The van der Waals surface area contributed by atoms with Gasteiger partial charge < -0.3 is 5.73 Å². The molecule has 0 spiro atoms. The van der Waals surface area contributed by atoms with Crippen molar-refractivity contribution in [2.45, 2.75) is 9.59 Å². The van der Waals surface area contributed by atoms with Gasteiger partial charge in [0.15, 0.2) is 4.34 Å². The molecule has 0 aliphatic carbocycles. The first kappa shape index (κ1) is 11.5. The number of hydrogen-bond donors (Lipinski definition) is 1. The smallest absolute Gasteiger partial charge is 0.170 e. The topological polar surface area (TPSA) is 51.8 Å². The van der Waals surface area contributed by atoms with Gasteiger partial charge in [0.2, 0.25) is 0 Å². The van der Waals surface area contributed by atoms with E-state index >= 15 is 0 Å². The fraction of sp³-hybridized carbons (Fsp3) is 0.250. The van der Waals surface area contributed by atoms with E-state index in [0.717, 1.165) is 8.81 Å². The second kappa shape index (κ2) is 5.40. The summed E-state index contributed by atoms with van der Waals surface area (Å²) in [7, 11) is 0.